The Morgan fingerprint density at radius 2 is 1.71 bits per heavy atom. The zero-order chi connectivity index (χ0) is 10.9. The molecule has 0 aliphatic carbocycles. The molecular weight excluding hydrogens is 176 g/mol. The molecule has 0 aromatic heterocycles. The number of rotatable bonds is 9. The average Bonchev–Trinajstić information content (AvgIpc) is 2.16. The summed E-state index contributed by atoms with van der Waals surface area (Å²) in [5, 5.41) is 8.99. The summed E-state index contributed by atoms with van der Waals surface area (Å²) in [6, 6.07) is 0. The summed E-state index contributed by atoms with van der Waals surface area (Å²) in [7, 11) is 0. The van der Waals surface area contributed by atoms with E-state index in [0.717, 1.165) is 13.0 Å². The van der Waals surface area contributed by atoms with Crippen LogP contribution in [0.15, 0.2) is 0 Å². The molecule has 0 rings (SSSR count). The number of unbranched alkanes of at least 4 members (excludes halogenated alkanes) is 4. The molecule has 0 aromatic carbocycles. The summed E-state index contributed by atoms with van der Waals surface area (Å²) < 4.78 is 5.51. The SMILES string of the molecule is CCCCCCCOCC(C)(C)CO. The van der Waals surface area contributed by atoms with Crippen LogP contribution in [0.4, 0.5) is 0 Å². The van der Waals surface area contributed by atoms with E-state index in [4.69, 9.17) is 9.84 Å². The van der Waals surface area contributed by atoms with E-state index in [9.17, 15) is 0 Å². The van der Waals surface area contributed by atoms with E-state index in [-0.39, 0.29) is 12.0 Å². The number of hydrogen-bond donors (Lipinski definition) is 1. The molecule has 0 amide bonds. The van der Waals surface area contributed by atoms with Gasteiger partial charge in [0.05, 0.1) is 13.2 Å². The number of ether oxygens (including phenoxy) is 1. The van der Waals surface area contributed by atoms with Crippen molar-refractivity contribution in [2.24, 2.45) is 5.41 Å². The third-order valence-corrected chi connectivity index (χ3v) is 2.31. The van der Waals surface area contributed by atoms with Crippen molar-refractivity contribution in [3.63, 3.8) is 0 Å². The number of hydrogen-bond acceptors (Lipinski definition) is 2. The Bertz CT molecular complexity index is 121. The van der Waals surface area contributed by atoms with Gasteiger partial charge < -0.3 is 9.84 Å². The lowest BCUT2D eigenvalue weighted by molar-refractivity contribution is 0.0265. The first-order valence-corrected chi connectivity index (χ1v) is 5.81. The van der Waals surface area contributed by atoms with Crippen LogP contribution in [0.2, 0.25) is 0 Å². The van der Waals surface area contributed by atoms with Crippen molar-refractivity contribution in [2.75, 3.05) is 19.8 Å². The fraction of sp³-hybridized carbons (Fsp3) is 1.00. The van der Waals surface area contributed by atoms with E-state index in [1.807, 2.05) is 13.8 Å². The summed E-state index contributed by atoms with van der Waals surface area (Å²) in [6.07, 6.45) is 6.37. The highest BCUT2D eigenvalue weighted by atomic mass is 16.5. The van der Waals surface area contributed by atoms with Crippen LogP contribution in [0.1, 0.15) is 52.9 Å². The molecule has 0 aliphatic rings. The van der Waals surface area contributed by atoms with Crippen LogP contribution in [-0.4, -0.2) is 24.9 Å². The molecule has 2 nitrogen and oxygen atoms in total. The smallest absolute Gasteiger partial charge is 0.0539 e. The number of aliphatic hydroxyl groups is 1. The molecule has 0 spiro atoms. The quantitative estimate of drug-likeness (QED) is 0.582. The molecule has 0 aromatic rings. The molecule has 0 aliphatic heterocycles. The highest BCUT2D eigenvalue weighted by Crippen LogP contribution is 2.14. The van der Waals surface area contributed by atoms with E-state index in [1.54, 1.807) is 0 Å². The Morgan fingerprint density at radius 3 is 2.29 bits per heavy atom. The van der Waals surface area contributed by atoms with Gasteiger partial charge in [0.2, 0.25) is 0 Å². The maximum Gasteiger partial charge on any atom is 0.0539 e. The molecule has 0 radical (unpaired) electrons. The highest BCUT2D eigenvalue weighted by Gasteiger charge is 2.15. The third kappa shape index (κ3) is 8.52. The monoisotopic (exact) mass is 202 g/mol. The van der Waals surface area contributed by atoms with Gasteiger partial charge in [-0.25, -0.2) is 0 Å². The van der Waals surface area contributed by atoms with Gasteiger partial charge in [-0.15, -0.1) is 0 Å². The molecule has 2 heteroatoms. The second-order valence-corrected chi connectivity index (χ2v) is 4.79. The molecule has 14 heavy (non-hydrogen) atoms. The summed E-state index contributed by atoms with van der Waals surface area (Å²) >= 11 is 0. The maximum atomic E-state index is 8.99. The molecule has 0 unspecified atom stereocenters. The minimum atomic E-state index is -0.0799. The summed E-state index contributed by atoms with van der Waals surface area (Å²) in [5.41, 5.74) is -0.0799. The first kappa shape index (κ1) is 13.9. The van der Waals surface area contributed by atoms with Crippen molar-refractivity contribution in [1.29, 1.82) is 0 Å². The molecule has 1 N–H and O–H groups in total. The van der Waals surface area contributed by atoms with E-state index >= 15 is 0 Å². The van der Waals surface area contributed by atoms with Gasteiger partial charge in [0.25, 0.3) is 0 Å². The minimum Gasteiger partial charge on any atom is -0.396 e. The third-order valence-electron chi connectivity index (χ3n) is 2.31. The second-order valence-electron chi connectivity index (χ2n) is 4.79. The van der Waals surface area contributed by atoms with Gasteiger partial charge in [-0.1, -0.05) is 46.5 Å². The first-order valence-electron chi connectivity index (χ1n) is 5.81. The fourth-order valence-corrected chi connectivity index (χ4v) is 1.20. The normalized spacial score (nSPS) is 12.0. The molecule has 0 saturated carbocycles. The van der Waals surface area contributed by atoms with Gasteiger partial charge >= 0.3 is 0 Å². The van der Waals surface area contributed by atoms with Crippen LogP contribution in [0.5, 0.6) is 0 Å². The second kappa shape index (κ2) is 8.25. The van der Waals surface area contributed by atoms with Crippen molar-refractivity contribution < 1.29 is 9.84 Å². The van der Waals surface area contributed by atoms with Gasteiger partial charge in [0.15, 0.2) is 0 Å². The lowest BCUT2D eigenvalue weighted by Gasteiger charge is -2.21. The van der Waals surface area contributed by atoms with Crippen molar-refractivity contribution in [2.45, 2.75) is 52.9 Å². The Morgan fingerprint density at radius 1 is 1.07 bits per heavy atom. The van der Waals surface area contributed by atoms with Gasteiger partial charge in [-0.2, -0.15) is 0 Å². The van der Waals surface area contributed by atoms with Crippen LogP contribution in [0.25, 0.3) is 0 Å². The summed E-state index contributed by atoms with van der Waals surface area (Å²) in [6.45, 7) is 7.96. The zero-order valence-corrected chi connectivity index (χ0v) is 10.0. The Hall–Kier alpha value is -0.0800. The largest absolute Gasteiger partial charge is 0.396 e. The van der Waals surface area contributed by atoms with Crippen LogP contribution in [0.3, 0.4) is 0 Å². The Kier molecular flexibility index (Phi) is 8.20. The van der Waals surface area contributed by atoms with Crippen molar-refractivity contribution in [1.82, 2.24) is 0 Å². The van der Waals surface area contributed by atoms with Crippen molar-refractivity contribution >= 4 is 0 Å². The maximum absolute atomic E-state index is 8.99. The molecule has 0 saturated heterocycles. The van der Waals surface area contributed by atoms with E-state index in [1.165, 1.54) is 25.7 Å². The van der Waals surface area contributed by atoms with Crippen LogP contribution >= 0.6 is 0 Å². The summed E-state index contributed by atoms with van der Waals surface area (Å²) in [5.74, 6) is 0. The van der Waals surface area contributed by atoms with E-state index in [0.29, 0.717) is 6.61 Å². The lowest BCUT2D eigenvalue weighted by atomic mass is 9.97. The van der Waals surface area contributed by atoms with Gasteiger partial charge in [-0.05, 0) is 6.42 Å². The van der Waals surface area contributed by atoms with E-state index in [2.05, 4.69) is 6.92 Å². The van der Waals surface area contributed by atoms with Gasteiger partial charge in [0, 0.05) is 12.0 Å². The first-order chi connectivity index (χ1) is 6.62. The molecular formula is C12H26O2. The highest BCUT2D eigenvalue weighted by molar-refractivity contribution is 4.65. The van der Waals surface area contributed by atoms with Crippen LogP contribution in [0, 0.1) is 5.41 Å². The van der Waals surface area contributed by atoms with E-state index < -0.39 is 0 Å². The zero-order valence-electron chi connectivity index (χ0n) is 10.0. The molecule has 0 heterocycles. The molecule has 0 bridgehead atoms. The van der Waals surface area contributed by atoms with Crippen molar-refractivity contribution in [3.8, 4) is 0 Å². The topological polar surface area (TPSA) is 29.5 Å². The summed E-state index contributed by atoms with van der Waals surface area (Å²) in [4.78, 5) is 0. The predicted molar refractivity (Wildman–Crippen MR) is 60.4 cm³/mol. The average molecular weight is 202 g/mol. The number of aliphatic hydroxyl groups excluding tert-OH is 1. The lowest BCUT2D eigenvalue weighted by Crippen LogP contribution is -2.23. The van der Waals surface area contributed by atoms with Crippen LogP contribution in [-0.2, 0) is 4.74 Å². The molecule has 86 valence electrons. The molecule has 0 fully saturated rings. The van der Waals surface area contributed by atoms with Gasteiger partial charge in [0.1, 0.15) is 0 Å². The van der Waals surface area contributed by atoms with Crippen molar-refractivity contribution in [3.05, 3.63) is 0 Å². The standard InChI is InChI=1S/C12H26O2/c1-4-5-6-7-8-9-14-11-12(2,3)10-13/h13H,4-11H2,1-3H3. The Labute approximate surface area is 88.7 Å². The fourth-order valence-electron chi connectivity index (χ4n) is 1.20. The molecule has 0 atom stereocenters. The van der Waals surface area contributed by atoms with Crippen LogP contribution < -0.4 is 0 Å². The minimum absolute atomic E-state index is 0.0799. The van der Waals surface area contributed by atoms with Gasteiger partial charge in [-0.3, -0.25) is 0 Å². The Balaban J connectivity index is 3.13. The predicted octanol–water partition coefficient (Wildman–Crippen LogP) is 2.99.